The van der Waals surface area contributed by atoms with E-state index < -0.39 is 43.5 Å². The summed E-state index contributed by atoms with van der Waals surface area (Å²) in [5, 5.41) is 14.6. The molecular weight excluding hydrogens is 422 g/mol. The number of benzene rings is 2. The minimum atomic E-state index is -4.30. The molecule has 0 unspecified atom stereocenters. The Bertz CT molecular complexity index is 1030. The molecule has 1 N–H and O–H groups in total. The average molecular weight is 448 g/mol. The lowest BCUT2D eigenvalue weighted by molar-refractivity contribution is -0.387. The van der Waals surface area contributed by atoms with E-state index in [-0.39, 0.29) is 19.7 Å². The van der Waals surface area contributed by atoms with Gasteiger partial charge in [0.2, 0.25) is 10.0 Å². The zero-order valence-electron chi connectivity index (χ0n) is 17.1. The van der Waals surface area contributed by atoms with Crippen molar-refractivity contribution < 1.29 is 22.9 Å². The number of sulfonamides is 1. The van der Waals surface area contributed by atoms with Gasteiger partial charge in [-0.15, -0.1) is 0 Å². The Labute approximate surface area is 181 Å². The second-order valence-electron chi connectivity index (χ2n) is 7.18. The number of piperidine rings is 1. The molecule has 1 aliphatic heterocycles. The van der Waals surface area contributed by atoms with Crippen molar-refractivity contribution in [2.24, 2.45) is 5.92 Å². The van der Waals surface area contributed by atoms with Crippen molar-refractivity contribution in [3.05, 3.63) is 70.3 Å². The van der Waals surface area contributed by atoms with Gasteiger partial charge in [-0.2, -0.15) is 4.31 Å². The summed E-state index contributed by atoms with van der Waals surface area (Å²) < 4.78 is 33.9. The normalized spacial score (nSPS) is 19.2. The smallest absolute Gasteiger partial charge is 0.311 e. The van der Waals surface area contributed by atoms with Gasteiger partial charge in [-0.25, -0.2) is 8.42 Å². The SMILES string of the molecule is CCOC(=O)[C@H]1CNCC[C@H]1N(Cc1ccccc1)S(=O)(=O)c1ccccc1[N+](=O)[O-]. The van der Waals surface area contributed by atoms with Crippen molar-refractivity contribution in [3.8, 4) is 0 Å². The lowest BCUT2D eigenvalue weighted by Gasteiger charge is -2.38. The van der Waals surface area contributed by atoms with Crippen LogP contribution in [0.5, 0.6) is 0 Å². The van der Waals surface area contributed by atoms with Crippen LogP contribution in [0.25, 0.3) is 0 Å². The fourth-order valence-corrected chi connectivity index (χ4v) is 5.61. The van der Waals surface area contributed by atoms with E-state index in [0.29, 0.717) is 18.5 Å². The van der Waals surface area contributed by atoms with Gasteiger partial charge < -0.3 is 10.1 Å². The molecule has 0 saturated carbocycles. The van der Waals surface area contributed by atoms with Crippen molar-refractivity contribution in [2.45, 2.75) is 30.8 Å². The summed E-state index contributed by atoms with van der Waals surface area (Å²) in [6.45, 7) is 2.63. The van der Waals surface area contributed by atoms with Gasteiger partial charge >= 0.3 is 5.97 Å². The van der Waals surface area contributed by atoms with Crippen molar-refractivity contribution in [1.29, 1.82) is 0 Å². The fourth-order valence-electron chi connectivity index (χ4n) is 3.78. The number of nitro groups is 1. The summed E-state index contributed by atoms with van der Waals surface area (Å²) in [4.78, 5) is 23.0. The average Bonchev–Trinajstić information content (AvgIpc) is 2.78. The van der Waals surface area contributed by atoms with E-state index in [2.05, 4.69) is 5.32 Å². The van der Waals surface area contributed by atoms with Crippen LogP contribution in [0.1, 0.15) is 18.9 Å². The van der Waals surface area contributed by atoms with Crippen LogP contribution in [0.15, 0.2) is 59.5 Å². The van der Waals surface area contributed by atoms with Crippen molar-refractivity contribution >= 4 is 21.7 Å². The lowest BCUT2D eigenvalue weighted by Crippen LogP contribution is -2.54. The highest BCUT2D eigenvalue weighted by Crippen LogP contribution is 2.32. The first-order chi connectivity index (χ1) is 14.9. The fraction of sp³-hybridized carbons (Fsp3) is 0.381. The Morgan fingerprint density at radius 1 is 1.19 bits per heavy atom. The second-order valence-corrected chi connectivity index (χ2v) is 9.04. The molecule has 1 heterocycles. The van der Waals surface area contributed by atoms with Gasteiger partial charge in [-0.3, -0.25) is 14.9 Å². The van der Waals surface area contributed by atoms with Crippen LogP contribution in [0.4, 0.5) is 5.69 Å². The maximum atomic E-state index is 13.7. The first kappa shape index (κ1) is 22.9. The van der Waals surface area contributed by atoms with Crippen LogP contribution >= 0.6 is 0 Å². The third kappa shape index (κ3) is 5.09. The van der Waals surface area contributed by atoms with E-state index >= 15 is 0 Å². The molecule has 2 atom stereocenters. The summed E-state index contributed by atoms with van der Waals surface area (Å²) in [5.41, 5.74) is 0.216. The molecule has 0 aliphatic carbocycles. The number of nitrogens with one attached hydrogen (secondary N) is 1. The maximum Gasteiger partial charge on any atom is 0.311 e. The van der Waals surface area contributed by atoms with Gasteiger partial charge in [0, 0.05) is 25.2 Å². The molecule has 3 rings (SSSR count). The minimum Gasteiger partial charge on any atom is -0.466 e. The van der Waals surface area contributed by atoms with Crippen LogP contribution in [0.2, 0.25) is 0 Å². The maximum absolute atomic E-state index is 13.7. The van der Waals surface area contributed by atoms with Crippen molar-refractivity contribution in [2.75, 3.05) is 19.7 Å². The Morgan fingerprint density at radius 2 is 1.87 bits per heavy atom. The molecule has 31 heavy (non-hydrogen) atoms. The number of ether oxygens (including phenoxy) is 1. The number of rotatable bonds is 8. The molecule has 1 saturated heterocycles. The minimum absolute atomic E-state index is 0.0181. The van der Waals surface area contributed by atoms with E-state index in [1.54, 1.807) is 31.2 Å². The first-order valence-electron chi connectivity index (χ1n) is 10.0. The predicted molar refractivity (Wildman–Crippen MR) is 114 cm³/mol. The zero-order chi connectivity index (χ0) is 22.4. The van der Waals surface area contributed by atoms with Gasteiger partial charge in [0.1, 0.15) is 0 Å². The highest BCUT2D eigenvalue weighted by Gasteiger charge is 2.43. The second kappa shape index (κ2) is 9.99. The number of nitrogens with zero attached hydrogens (tertiary/aromatic N) is 2. The Hall–Kier alpha value is -2.82. The largest absolute Gasteiger partial charge is 0.466 e. The van der Waals surface area contributed by atoms with E-state index in [4.69, 9.17) is 4.74 Å². The molecule has 0 bridgehead atoms. The standard InChI is InChI=1S/C21H25N3O6S/c1-2-30-21(25)17-14-22-13-12-18(17)23(15-16-8-4-3-5-9-16)31(28,29)20-11-7-6-10-19(20)24(26)27/h3-11,17-18,22H,2,12-15H2,1H3/t17-,18+/m0/s1. The van der Waals surface area contributed by atoms with Crippen molar-refractivity contribution in [1.82, 2.24) is 9.62 Å². The van der Waals surface area contributed by atoms with Gasteiger partial charge in [-0.05, 0) is 31.5 Å². The van der Waals surface area contributed by atoms with Gasteiger partial charge in [0.15, 0.2) is 4.90 Å². The predicted octanol–water partition coefficient (Wildman–Crippen LogP) is 2.33. The number of esters is 1. The Kier molecular flexibility index (Phi) is 7.37. The molecule has 1 fully saturated rings. The molecule has 0 aromatic heterocycles. The summed E-state index contributed by atoms with van der Waals surface area (Å²) in [6.07, 6.45) is 0.371. The molecule has 0 radical (unpaired) electrons. The first-order valence-corrected chi connectivity index (χ1v) is 11.5. The van der Waals surface area contributed by atoms with Gasteiger partial charge in [0.25, 0.3) is 5.69 Å². The Balaban J connectivity index is 2.10. The zero-order valence-corrected chi connectivity index (χ0v) is 18.0. The molecule has 10 heteroatoms. The Morgan fingerprint density at radius 3 is 2.55 bits per heavy atom. The van der Waals surface area contributed by atoms with Gasteiger partial charge in [0.05, 0.1) is 17.4 Å². The molecule has 2 aromatic rings. The van der Waals surface area contributed by atoms with E-state index in [9.17, 15) is 23.3 Å². The van der Waals surface area contributed by atoms with Crippen LogP contribution in [0, 0.1) is 16.0 Å². The summed E-state index contributed by atoms with van der Waals surface area (Å²) in [7, 11) is -4.30. The van der Waals surface area contributed by atoms with Crippen LogP contribution in [0.3, 0.4) is 0 Å². The monoisotopic (exact) mass is 447 g/mol. The van der Waals surface area contributed by atoms with Gasteiger partial charge in [-0.1, -0.05) is 42.5 Å². The van der Waals surface area contributed by atoms with E-state index in [1.165, 1.54) is 28.6 Å². The number of carbonyl (C=O) groups excluding carboxylic acids is 1. The number of hydrogen-bond donors (Lipinski definition) is 1. The number of nitro benzene ring substituents is 1. The molecule has 2 aromatic carbocycles. The summed E-state index contributed by atoms with van der Waals surface area (Å²) in [6, 6.07) is 13.5. The van der Waals surface area contributed by atoms with E-state index in [1.807, 2.05) is 6.07 Å². The van der Waals surface area contributed by atoms with Crippen LogP contribution < -0.4 is 5.32 Å². The van der Waals surface area contributed by atoms with Crippen LogP contribution in [-0.4, -0.2) is 49.4 Å². The summed E-state index contributed by atoms with van der Waals surface area (Å²) >= 11 is 0. The summed E-state index contributed by atoms with van der Waals surface area (Å²) in [5.74, 6) is -1.22. The van der Waals surface area contributed by atoms with E-state index in [0.717, 1.165) is 0 Å². The lowest BCUT2D eigenvalue weighted by atomic mass is 9.93. The highest BCUT2D eigenvalue weighted by molar-refractivity contribution is 7.89. The topological polar surface area (TPSA) is 119 Å². The quantitative estimate of drug-likeness (QED) is 0.375. The molecule has 1 aliphatic rings. The molecule has 166 valence electrons. The third-order valence-corrected chi connectivity index (χ3v) is 7.15. The molecule has 9 nitrogen and oxygen atoms in total. The third-order valence-electron chi connectivity index (χ3n) is 5.23. The van der Waals surface area contributed by atoms with Crippen LogP contribution in [-0.2, 0) is 26.1 Å². The number of hydrogen-bond acceptors (Lipinski definition) is 7. The molecule has 0 amide bonds. The van der Waals surface area contributed by atoms with Crippen molar-refractivity contribution in [3.63, 3.8) is 0 Å². The number of carbonyl (C=O) groups is 1. The molecular formula is C21H25N3O6S. The number of para-hydroxylation sites is 1. The molecule has 0 spiro atoms. The highest BCUT2D eigenvalue weighted by atomic mass is 32.2.